The van der Waals surface area contributed by atoms with Crippen molar-refractivity contribution in [2.45, 2.75) is 6.54 Å². The molecule has 1 aromatic heterocycles. The molecule has 0 amide bonds. The van der Waals surface area contributed by atoms with E-state index in [0.717, 1.165) is 10.0 Å². The third-order valence-corrected chi connectivity index (χ3v) is 3.71. The lowest BCUT2D eigenvalue weighted by Crippen LogP contribution is -2.13. The van der Waals surface area contributed by atoms with E-state index in [1.807, 2.05) is 36.4 Å². The monoisotopic (exact) mass is 372 g/mol. The van der Waals surface area contributed by atoms with Gasteiger partial charge in [-0.25, -0.2) is 0 Å². The molecule has 0 N–H and O–H groups in total. The highest BCUT2D eigenvalue weighted by Crippen LogP contribution is 2.20. The number of aromatic nitrogens is 4. The van der Waals surface area contributed by atoms with Gasteiger partial charge in [0.25, 0.3) is 0 Å². The Hall–Kier alpha value is -2.54. The van der Waals surface area contributed by atoms with Crippen LogP contribution in [0.3, 0.4) is 0 Å². The third kappa shape index (κ3) is 3.62. The Morgan fingerprint density at radius 1 is 1.22 bits per heavy atom. The molecule has 7 heteroatoms. The second kappa shape index (κ2) is 6.70. The summed E-state index contributed by atoms with van der Waals surface area (Å²) in [6.45, 7) is 0.0351. The minimum Gasteiger partial charge on any atom is -0.497 e. The number of carbonyl (C=O) groups excluding carboxylic acids is 1. The lowest BCUT2D eigenvalue weighted by Gasteiger charge is -2.01. The van der Waals surface area contributed by atoms with Crippen molar-refractivity contribution in [3.63, 3.8) is 0 Å². The minimum atomic E-state index is -0.0825. The normalized spacial score (nSPS) is 10.5. The zero-order valence-corrected chi connectivity index (χ0v) is 13.9. The van der Waals surface area contributed by atoms with Gasteiger partial charge in [0.15, 0.2) is 5.78 Å². The van der Waals surface area contributed by atoms with Crippen molar-refractivity contribution >= 4 is 21.7 Å². The molecule has 0 radical (unpaired) electrons. The summed E-state index contributed by atoms with van der Waals surface area (Å²) in [5, 5.41) is 12.2. The lowest BCUT2D eigenvalue weighted by atomic mass is 10.1. The van der Waals surface area contributed by atoms with Gasteiger partial charge in [-0.2, -0.15) is 4.80 Å². The fourth-order valence-corrected chi connectivity index (χ4v) is 2.47. The van der Waals surface area contributed by atoms with E-state index in [4.69, 9.17) is 4.74 Å². The molecule has 116 valence electrons. The number of tetrazole rings is 1. The Bertz CT molecular complexity index is 847. The molecule has 1 heterocycles. The van der Waals surface area contributed by atoms with E-state index in [2.05, 4.69) is 31.3 Å². The molecule has 0 aliphatic heterocycles. The van der Waals surface area contributed by atoms with Gasteiger partial charge in [0, 0.05) is 15.6 Å². The van der Waals surface area contributed by atoms with Crippen LogP contribution in [0.25, 0.3) is 11.4 Å². The Morgan fingerprint density at radius 3 is 2.83 bits per heavy atom. The minimum absolute atomic E-state index is 0.0351. The highest BCUT2D eigenvalue weighted by molar-refractivity contribution is 9.10. The van der Waals surface area contributed by atoms with Crippen LogP contribution in [0.4, 0.5) is 0 Å². The molecule has 23 heavy (non-hydrogen) atoms. The van der Waals surface area contributed by atoms with Gasteiger partial charge in [0.2, 0.25) is 5.82 Å². The molecule has 0 aliphatic rings. The number of halogens is 1. The average molecular weight is 373 g/mol. The first kappa shape index (κ1) is 15.4. The Morgan fingerprint density at radius 2 is 2.04 bits per heavy atom. The number of ketones is 1. The van der Waals surface area contributed by atoms with E-state index < -0.39 is 0 Å². The maximum Gasteiger partial charge on any atom is 0.205 e. The van der Waals surface area contributed by atoms with E-state index in [1.54, 1.807) is 19.2 Å². The van der Waals surface area contributed by atoms with Crippen molar-refractivity contribution in [2.75, 3.05) is 7.11 Å². The van der Waals surface area contributed by atoms with Crippen molar-refractivity contribution in [3.05, 3.63) is 58.6 Å². The number of hydrogen-bond donors (Lipinski definition) is 0. The van der Waals surface area contributed by atoms with Crippen LogP contribution in [0.2, 0.25) is 0 Å². The van der Waals surface area contributed by atoms with Crippen LogP contribution in [-0.2, 0) is 6.54 Å². The van der Waals surface area contributed by atoms with Crippen LogP contribution >= 0.6 is 15.9 Å². The molecule has 0 bridgehead atoms. The molecule has 0 unspecified atom stereocenters. The van der Waals surface area contributed by atoms with Crippen molar-refractivity contribution in [1.82, 2.24) is 20.2 Å². The summed E-state index contributed by atoms with van der Waals surface area (Å²) in [5.41, 5.74) is 1.38. The topological polar surface area (TPSA) is 69.9 Å². The summed E-state index contributed by atoms with van der Waals surface area (Å²) in [5.74, 6) is 1.08. The quantitative estimate of drug-likeness (QED) is 0.643. The lowest BCUT2D eigenvalue weighted by molar-refractivity contribution is 0.0961. The van der Waals surface area contributed by atoms with E-state index in [1.165, 1.54) is 4.80 Å². The molecule has 0 spiro atoms. The number of methoxy groups -OCH3 is 1. The first-order valence-electron chi connectivity index (χ1n) is 6.87. The highest BCUT2D eigenvalue weighted by Gasteiger charge is 2.11. The van der Waals surface area contributed by atoms with Gasteiger partial charge in [-0.1, -0.05) is 40.2 Å². The predicted molar refractivity (Wildman–Crippen MR) is 88.3 cm³/mol. The summed E-state index contributed by atoms with van der Waals surface area (Å²) in [6.07, 6.45) is 0. The molecule has 0 saturated heterocycles. The van der Waals surface area contributed by atoms with Gasteiger partial charge in [0.1, 0.15) is 12.3 Å². The first-order chi connectivity index (χ1) is 11.2. The first-order valence-corrected chi connectivity index (χ1v) is 7.66. The summed E-state index contributed by atoms with van der Waals surface area (Å²) in [6, 6.07) is 14.6. The van der Waals surface area contributed by atoms with Crippen LogP contribution in [0.5, 0.6) is 5.75 Å². The molecule has 3 rings (SSSR count). The molecule has 3 aromatic rings. The number of hydrogen-bond acceptors (Lipinski definition) is 5. The van der Waals surface area contributed by atoms with Gasteiger partial charge < -0.3 is 4.74 Å². The smallest absolute Gasteiger partial charge is 0.205 e. The fraction of sp³-hybridized carbons (Fsp3) is 0.125. The van der Waals surface area contributed by atoms with Gasteiger partial charge in [0.05, 0.1) is 7.11 Å². The standard InChI is InChI=1S/C16H13BrN4O2/c1-23-14-7-3-5-12(9-14)16-18-20-21(19-16)10-15(22)11-4-2-6-13(17)8-11/h2-9H,10H2,1H3. The summed E-state index contributed by atoms with van der Waals surface area (Å²) < 4.78 is 6.03. The van der Waals surface area contributed by atoms with E-state index in [0.29, 0.717) is 17.1 Å². The van der Waals surface area contributed by atoms with Crippen molar-refractivity contribution in [1.29, 1.82) is 0 Å². The Kier molecular flexibility index (Phi) is 4.47. The van der Waals surface area contributed by atoms with Crippen molar-refractivity contribution in [2.24, 2.45) is 0 Å². The van der Waals surface area contributed by atoms with Gasteiger partial charge in [-0.05, 0) is 29.5 Å². The highest BCUT2D eigenvalue weighted by atomic mass is 79.9. The van der Waals surface area contributed by atoms with Crippen molar-refractivity contribution < 1.29 is 9.53 Å². The SMILES string of the molecule is COc1cccc(-c2nnn(CC(=O)c3cccc(Br)c3)n2)c1. The van der Waals surface area contributed by atoms with E-state index in [9.17, 15) is 4.79 Å². The summed E-state index contributed by atoms with van der Waals surface area (Å²) >= 11 is 3.35. The molecule has 0 aliphatic carbocycles. The Labute approximate surface area is 141 Å². The van der Waals surface area contributed by atoms with Crippen molar-refractivity contribution in [3.8, 4) is 17.1 Å². The number of benzene rings is 2. The zero-order chi connectivity index (χ0) is 16.2. The van der Waals surface area contributed by atoms with Crippen LogP contribution in [-0.4, -0.2) is 33.1 Å². The van der Waals surface area contributed by atoms with Crippen LogP contribution in [0, 0.1) is 0 Å². The predicted octanol–water partition coefficient (Wildman–Crippen LogP) is 2.99. The average Bonchev–Trinajstić information content (AvgIpc) is 3.03. The molecule has 6 nitrogen and oxygen atoms in total. The number of rotatable bonds is 5. The molecule has 0 saturated carbocycles. The van der Waals surface area contributed by atoms with Gasteiger partial charge >= 0.3 is 0 Å². The van der Waals surface area contributed by atoms with E-state index >= 15 is 0 Å². The molecule has 2 aromatic carbocycles. The summed E-state index contributed by atoms with van der Waals surface area (Å²) in [4.78, 5) is 13.5. The van der Waals surface area contributed by atoms with Crippen LogP contribution < -0.4 is 4.74 Å². The molecular formula is C16H13BrN4O2. The maximum atomic E-state index is 12.2. The Balaban J connectivity index is 1.78. The number of carbonyl (C=O) groups is 1. The molecule has 0 fully saturated rings. The maximum absolute atomic E-state index is 12.2. The zero-order valence-electron chi connectivity index (χ0n) is 12.3. The van der Waals surface area contributed by atoms with E-state index in [-0.39, 0.29) is 12.3 Å². The number of ether oxygens (including phenoxy) is 1. The molecular weight excluding hydrogens is 360 g/mol. The number of Topliss-reactive ketones (excluding diaryl/α,β-unsaturated/α-hetero) is 1. The van der Waals surface area contributed by atoms with Crippen LogP contribution in [0.1, 0.15) is 10.4 Å². The largest absolute Gasteiger partial charge is 0.497 e. The fourth-order valence-electron chi connectivity index (χ4n) is 2.07. The van der Waals surface area contributed by atoms with Crippen LogP contribution in [0.15, 0.2) is 53.0 Å². The number of nitrogens with zero attached hydrogens (tertiary/aromatic N) is 4. The van der Waals surface area contributed by atoms with Gasteiger partial charge in [-0.3, -0.25) is 4.79 Å². The second-order valence-corrected chi connectivity index (χ2v) is 5.72. The molecule has 0 atom stereocenters. The third-order valence-electron chi connectivity index (χ3n) is 3.21. The summed E-state index contributed by atoms with van der Waals surface area (Å²) in [7, 11) is 1.60. The second-order valence-electron chi connectivity index (χ2n) is 4.81. The van der Waals surface area contributed by atoms with Gasteiger partial charge in [-0.15, -0.1) is 10.2 Å².